The lowest BCUT2D eigenvalue weighted by Crippen LogP contribution is -2.09. The second-order valence-electron chi connectivity index (χ2n) is 5.67. The first-order chi connectivity index (χ1) is 12.6. The highest BCUT2D eigenvalue weighted by Gasteiger charge is 2.18. The van der Waals surface area contributed by atoms with E-state index in [0.29, 0.717) is 17.9 Å². The van der Waals surface area contributed by atoms with Crippen LogP contribution in [0.25, 0.3) is 22.2 Å². The highest BCUT2D eigenvalue weighted by molar-refractivity contribution is 5.95. The first kappa shape index (κ1) is 17.4. The third kappa shape index (κ3) is 3.07. The van der Waals surface area contributed by atoms with Gasteiger partial charge in [0.25, 0.3) is 0 Å². The topological polar surface area (TPSA) is 84.5 Å². The Morgan fingerprint density at radius 3 is 2.46 bits per heavy atom. The number of carboxylic acids is 1. The molecule has 0 unspecified atom stereocenters. The fourth-order valence-corrected chi connectivity index (χ4v) is 3.05. The van der Waals surface area contributed by atoms with Crippen LogP contribution in [0.15, 0.2) is 42.5 Å². The number of benzene rings is 2. The Labute approximate surface area is 150 Å². The van der Waals surface area contributed by atoms with Gasteiger partial charge in [-0.3, -0.25) is 0 Å². The molecule has 0 radical (unpaired) electrons. The number of carbonyl (C=O) groups is 1. The Morgan fingerprint density at radius 2 is 1.88 bits per heavy atom. The minimum atomic E-state index is -1.03. The van der Waals surface area contributed by atoms with Gasteiger partial charge in [-0.05, 0) is 48.9 Å². The third-order valence-electron chi connectivity index (χ3n) is 4.19. The van der Waals surface area contributed by atoms with Gasteiger partial charge in [0.15, 0.2) is 6.61 Å². The van der Waals surface area contributed by atoms with Gasteiger partial charge in [0.2, 0.25) is 0 Å². The van der Waals surface area contributed by atoms with Crippen LogP contribution in [0, 0.1) is 11.3 Å². The Kier molecular flexibility index (Phi) is 4.81. The van der Waals surface area contributed by atoms with Gasteiger partial charge >= 0.3 is 5.97 Å². The smallest absolute Gasteiger partial charge is 0.341 e. The van der Waals surface area contributed by atoms with Crippen molar-refractivity contribution in [2.45, 2.75) is 13.5 Å². The molecule has 0 spiro atoms. The van der Waals surface area contributed by atoms with Gasteiger partial charge in [-0.2, -0.15) is 5.26 Å². The molecule has 0 aliphatic rings. The van der Waals surface area contributed by atoms with Gasteiger partial charge in [-0.25, -0.2) is 4.79 Å². The first-order valence-electron chi connectivity index (χ1n) is 8.14. The molecule has 0 atom stereocenters. The lowest BCUT2D eigenvalue weighted by atomic mass is 10.1. The lowest BCUT2D eigenvalue weighted by molar-refractivity contribution is -0.139. The number of hydrogen-bond donors (Lipinski definition) is 1. The lowest BCUT2D eigenvalue weighted by Gasteiger charge is -2.10. The van der Waals surface area contributed by atoms with Gasteiger partial charge in [-0.1, -0.05) is 0 Å². The SMILES string of the molecule is CCn1c(-c2ccc(OCC(=O)O)cc2)c(C#N)c2ccc(OC)cc21. The molecule has 2 aromatic carbocycles. The van der Waals surface area contributed by atoms with E-state index < -0.39 is 12.6 Å². The van der Waals surface area contributed by atoms with Crippen molar-refractivity contribution in [3.05, 3.63) is 48.0 Å². The van der Waals surface area contributed by atoms with Gasteiger partial charge in [0, 0.05) is 18.0 Å². The fraction of sp³-hybridized carbons (Fsp3) is 0.200. The molecule has 1 heterocycles. The normalized spacial score (nSPS) is 10.5. The second-order valence-corrected chi connectivity index (χ2v) is 5.67. The number of nitriles is 1. The highest BCUT2D eigenvalue weighted by atomic mass is 16.5. The van der Waals surface area contributed by atoms with Crippen LogP contribution in [0.3, 0.4) is 0 Å². The number of aromatic nitrogens is 1. The van der Waals surface area contributed by atoms with E-state index in [1.807, 2.05) is 37.3 Å². The van der Waals surface area contributed by atoms with Gasteiger partial charge in [-0.15, -0.1) is 0 Å². The van der Waals surface area contributed by atoms with E-state index in [-0.39, 0.29) is 0 Å². The number of methoxy groups -OCH3 is 1. The molecule has 0 fully saturated rings. The number of aliphatic carboxylic acids is 1. The molecule has 0 saturated carbocycles. The molecule has 3 aromatic rings. The quantitative estimate of drug-likeness (QED) is 0.733. The Morgan fingerprint density at radius 1 is 1.19 bits per heavy atom. The average Bonchev–Trinajstić information content (AvgIpc) is 2.99. The number of nitrogens with zero attached hydrogens (tertiary/aromatic N) is 2. The molecular formula is C20H18N2O4. The molecule has 0 aliphatic heterocycles. The van der Waals surface area contributed by atoms with Crippen LogP contribution in [-0.2, 0) is 11.3 Å². The third-order valence-corrected chi connectivity index (χ3v) is 4.19. The number of carboxylic acid groups (broad SMARTS) is 1. The minimum absolute atomic E-state index is 0.391. The zero-order valence-corrected chi connectivity index (χ0v) is 14.5. The van der Waals surface area contributed by atoms with E-state index in [0.717, 1.165) is 27.9 Å². The largest absolute Gasteiger partial charge is 0.497 e. The monoisotopic (exact) mass is 350 g/mol. The maximum absolute atomic E-state index is 10.6. The number of fused-ring (bicyclic) bond motifs is 1. The summed E-state index contributed by atoms with van der Waals surface area (Å²) in [6, 6.07) is 15.0. The summed E-state index contributed by atoms with van der Waals surface area (Å²) >= 11 is 0. The van der Waals surface area contributed by atoms with E-state index in [1.165, 1.54) is 0 Å². The van der Waals surface area contributed by atoms with Crippen molar-refractivity contribution in [1.29, 1.82) is 5.26 Å². The molecule has 26 heavy (non-hydrogen) atoms. The van der Waals surface area contributed by atoms with E-state index in [4.69, 9.17) is 14.6 Å². The summed E-state index contributed by atoms with van der Waals surface area (Å²) in [5.41, 5.74) is 3.22. The summed E-state index contributed by atoms with van der Waals surface area (Å²) < 4.78 is 12.6. The standard InChI is InChI=1S/C20H18N2O4/c1-3-22-18-10-15(25-2)8-9-16(18)17(11-21)20(22)13-4-6-14(7-5-13)26-12-19(23)24/h4-10H,3,12H2,1-2H3,(H,23,24). The molecule has 6 heteroatoms. The van der Waals surface area contributed by atoms with E-state index in [2.05, 4.69) is 10.6 Å². The zero-order chi connectivity index (χ0) is 18.7. The molecule has 0 saturated heterocycles. The van der Waals surface area contributed by atoms with E-state index >= 15 is 0 Å². The summed E-state index contributed by atoms with van der Waals surface area (Å²) in [5.74, 6) is 0.176. The summed E-state index contributed by atoms with van der Waals surface area (Å²) in [4.78, 5) is 10.6. The van der Waals surface area contributed by atoms with Crippen LogP contribution >= 0.6 is 0 Å². The summed E-state index contributed by atoms with van der Waals surface area (Å²) in [6.45, 7) is 2.32. The average molecular weight is 350 g/mol. The predicted molar refractivity (Wildman–Crippen MR) is 97.4 cm³/mol. The van der Waals surface area contributed by atoms with Crippen molar-refractivity contribution in [3.8, 4) is 28.8 Å². The predicted octanol–water partition coefficient (Wildman–Crippen LogP) is 3.67. The van der Waals surface area contributed by atoms with Crippen molar-refractivity contribution < 1.29 is 19.4 Å². The van der Waals surface area contributed by atoms with Crippen molar-refractivity contribution in [2.75, 3.05) is 13.7 Å². The summed E-state index contributed by atoms with van der Waals surface area (Å²) in [5, 5.41) is 19.3. The van der Waals surface area contributed by atoms with E-state index in [1.54, 1.807) is 19.2 Å². The van der Waals surface area contributed by atoms with Crippen molar-refractivity contribution in [3.63, 3.8) is 0 Å². The maximum Gasteiger partial charge on any atom is 0.341 e. The van der Waals surface area contributed by atoms with Gasteiger partial charge in [0.1, 0.15) is 17.6 Å². The van der Waals surface area contributed by atoms with Crippen LogP contribution in [0.2, 0.25) is 0 Å². The second kappa shape index (κ2) is 7.19. The summed E-state index contributed by atoms with van der Waals surface area (Å²) in [7, 11) is 1.61. The molecule has 1 aromatic heterocycles. The van der Waals surface area contributed by atoms with Crippen molar-refractivity contribution in [2.24, 2.45) is 0 Å². The molecule has 0 bridgehead atoms. The zero-order valence-electron chi connectivity index (χ0n) is 14.5. The maximum atomic E-state index is 10.6. The molecule has 132 valence electrons. The molecule has 0 amide bonds. The summed E-state index contributed by atoms with van der Waals surface area (Å²) in [6.07, 6.45) is 0. The molecule has 3 rings (SSSR count). The van der Waals surface area contributed by atoms with E-state index in [9.17, 15) is 10.1 Å². The number of ether oxygens (including phenoxy) is 2. The van der Waals surface area contributed by atoms with Crippen molar-refractivity contribution in [1.82, 2.24) is 4.57 Å². The van der Waals surface area contributed by atoms with Crippen molar-refractivity contribution >= 4 is 16.9 Å². The highest BCUT2D eigenvalue weighted by Crippen LogP contribution is 2.35. The first-order valence-corrected chi connectivity index (χ1v) is 8.14. The minimum Gasteiger partial charge on any atom is -0.497 e. The number of aryl methyl sites for hydroxylation is 1. The fourth-order valence-electron chi connectivity index (χ4n) is 3.05. The Bertz CT molecular complexity index is 997. The van der Waals surface area contributed by atoms with Crippen LogP contribution in [-0.4, -0.2) is 29.4 Å². The van der Waals surface area contributed by atoms with Crippen LogP contribution in [0.1, 0.15) is 12.5 Å². The molecule has 1 N–H and O–H groups in total. The van der Waals surface area contributed by atoms with Gasteiger partial charge in [0.05, 0.1) is 23.9 Å². The van der Waals surface area contributed by atoms with Crippen LogP contribution in [0.5, 0.6) is 11.5 Å². The van der Waals surface area contributed by atoms with Crippen LogP contribution < -0.4 is 9.47 Å². The Balaban J connectivity index is 2.12. The Hall–Kier alpha value is -3.46. The molecule has 6 nitrogen and oxygen atoms in total. The molecular weight excluding hydrogens is 332 g/mol. The number of hydrogen-bond acceptors (Lipinski definition) is 4. The number of rotatable bonds is 6. The van der Waals surface area contributed by atoms with Crippen LogP contribution in [0.4, 0.5) is 0 Å². The van der Waals surface area contributed by atoms with Gasteiger partial charge < -0.3 is 19.1 Å². The molecule has 0 aliphatic carbocycles.